The van der Waals surface area contributed by atoms with Gasteiger partial charge in [-0.1, -0.05) is 25.0 Å². The second-order valence-electron chi connectivity index (χ2n) is 6.56. The molecule has 0 amide bonds. The molecule has 0 radical (unpaired) electrons. The van der Waals surface area contributed by atoms with Crippen molar-refractivity contribution in [3.63, 3.8) is 0 Å². The lowest BCUT2D eigenvalue weighted by atomic mass is 9.92. The Bertz CT molecular complexity index is 953. The number of aliphatic hydroxyl groups is 1. The van der Waals surface area contributed by atoms with Gasteiger partial charge in [-0.3, -0.25) is 4.40 Å². The van der Waals surface area contributed by atoms with Gasteiger partial charge in [0.25, 0.3) is 0 Å². The molecule has 5 heteroatoms. The van der Waals surface area contributed by atoms with Gasteiger partial charge in [-0.25, -0.2) is 4.98 Å². The van der Waals surface area contributed by atoms with Gasteiger partial charge >= 0.3 is 0 Å². The van der Waals surface area contributed by atoms with Gasteiger partial charge in [0.15, 0.2) is 5.65 Å². The van der Waals surface area contributed by atoms with Gasteiger partial charge < -0.3 is 10.4 Å². The van der Waals surface area contributed by atoms with E-state index in [0.29, 0.717) is 11.2 Å². The van der Waals surface area contributed by atoms with Crippen LogP contribution in [-0.2, 0) is 0 Å². The molecule has 122 valence electrons. The second kappa shape index (κ2) is 5.81. The number of aryl methyl sites for hydroxylation is 1. The van der Waals surface area contributed by atoms with Crippen LogP contribution < -0.4 is 5.32 Å². The molecule has 24 heavy (non-hydrogen) atoms. The molecule has 2 N–H and O–H groups in total. The molecule has 1 aliphatic rings. The Morgan fingerprint density at radius 1 is 1.29 bits per heavy atom. The minimum atomic E-state index is -0.334. The van der Waals surface area contributed by atoms with E-state index in [1.54, 1.807) is 0 Å². The van der Waals surface area contributed by atoms with E-state index in [-0.39, 0.29) is 12.1 Å². The van der Waals surface area contributed by atoms with E-state index in [4.69, 9.17) is 0 Å². The summed E-state index contributed by atoms with van der Waals surface area (Å²) in [6.45, 7) is 1.93. The quantitative estimate of drug-likeness (QED) is 0.759. The van der Waals surface area contributed by atoms with Crippen LogP contribution in [0.1, 0.15) is 36.8 Å². The molecule has 3 aromatic rings. The van der Waals surface area contributed by atoms with Crippen molar-refractivity contribution < 1.29 is 5.11 Å². The van der Waals surface area contributed by atoms with E-state index in [9.17, 15) is 10.4 Å². The van der Waals surface area contributed by atoms with Gasteiger partial charge in [-0.05, 0) is 43.5 Å². The zero-order chi connectivity index (χ0) is 16.7. The zero-order valence-corrected chi connectivity index (χ0v) is 13.7. The molecule has 0 aliphatic heterocycles. The lowest BCUT2D eigenvalue weighted by Gasteiger charge is -2.29. The van der Waals surface area contributed by atoms with Crippen LogP contribution in [0.3, 0.4) is 0 Å². The van der Waals surface area contributed by atoms with Crippen LogP contribution in [0.15, 0.2) is 30.3 Å². The van der Waals surface area contributed by atoms with Crippen molar-refractivity contribution in [2.24, 2.45) is 0 Å². The number of benzene rings is 1. The number of para-hydroxylation sites is 2. The molecule has 2 atom stereocenters. The second-order valence-corrected chi connectivity index (χ2v) is 6.56. The summed E-state index contributed by atoms with van der Waals surface area (Å²) in [7, 11) is 0. The number of aliphatic hydroxyl groups excluding tert-OH is 1. The van der Waals surface area contributed by atoms with Gasteiger partial charge in [0, 0.05) is 0 Å². The summed E-state index contributed by atoms with van der Waals surface area (Å²) < 4.78 is 2.00. The van der Waals surface area contributed by atoms with Crippen LogP contribution in [0, 0.1) is 18.3 Å². The van der Waals surface area contributed by atoms with Gasteiger partial charge in [0.1, 0.15) is 11.9 Å². The third-order valence-corrected chi connectivity index (χ3v) is 4.95. The van der Waals surface area contributed by atoms with E-state index in [1.165, 1.54) is 0 Å². The molecule has 0 saturated heterocycles. The molecule has 0 bridgehead atoms. The van der Waals surface area contributed by atoms with Gasteiger partial charge in [0.05, 0.1) is 28.7 Å². The first-order valence-electron chi connectivity index (χ1n) is 8.44. The minimum absolute atomic E-state index is 0.0375. The maximum absolute atomic E-state index is 10.3. The molecule has 1 aliphatic carbocycles. The number of aromatic nitrogens is 2. The molecular weight excluding hydrogens is 300 g/mol. The number of pyridine rings is 1. The first kappa shape index (κ1) is 15.0. The number of hydrogen-bond donors (Lipinski definition) is 2. The molecule has 1 aromatic carbocycles. The highest BCUT2D eigenvalue weighted by atomic mass is 16.3. The van der Waals surface area contributed by atoms with Crippen molar-refractivity contribution in [2.45, 2.75) is 44.8 Å². The summed E-state index contributed by atoms with van der Waals surface area (Å²) in [6.07, 6.45) is 3.65. The Morgan fingerprint density at radius 2 is 2.08 bits per heavy atom. The van der Waals surface area contributed by atoms with E-state index in [1.807, 2.05) is 41.7 Å². The Balaban J connectivity index is 1.93. The Kier molecular flexibility index (Phi) is 3.62. The lowest BCUT2D eigenvalue weighted by Crippen LogP contribution is -2.36. The van der Waals surface area contributed by atoms with Crippen molar-refractivity contribution in [2.75, 3.05) is 5.32 Å². The number of rotatable bonds is 2. The number of nitrogens with zero attached hydrogens (tertiary/aromatic N) is 3. The first-order valence-corrected chi connectivity index (χ1v) is 8.44. The van der Waals surface area contributed by atoms with E-state index in [2.05, 4.69) is 16.4 Å². The average Bonchev–Trinajstić information content (AvgIpc) is 2.96. The predicted octanol–water partition coefficient (Wildman–Crippen LogP) is 3.38. The minimum Gasteiger partial charge on any atom is -0.391 e. The molecule has 1 saturated carbocycles. The standard InChI is InChI=1S/C19H20N4O/c1-12-10-18(21-15-7-3-5-9-17(15)24)23-16-8-4-2-6-14(16)22-19(23)13(12)11-20/h2,4,6,8,10,15,17,21,24H,3,5,7,9H2,1H3/t15-,17-/m0/s1. The maximum Gasteiger partial charge on any atom is 0.157 e. The number of hydrogen-bond acceptors (Lipinski definition) is 4. The molecule has 0 unspecified atom stereocenters. The van der Waals surface area contributed by atoms with Crippen molar-refractivity contribution in [3.8, 4) is 6.07 Å². The van der Waals surface area contributed by atoms with E-state index >= 15 is 0 Å². The maximum atomic E-state index is 10.3. The molecule has 2 heterocycles. The van der Waals surface area contributed by atoms with E-state index in [0.717, 1.165) is 48.1 Å². The van der Waals surface area contributed by atoms with Crippen LogP contribution in [0.2, 0.25) is 0 Å². The van der Waals surface area contributed by atoms with Crippen molar-refractivity contribution in [1.82, 2.24) is 9.38 Å². The molecule has 2 aromatic heterocycles. The molecule has 5 nitrogen and oxygen atoms in total. The smallest absolute Gasteiger partial charge is 0.157 e. The summed E-state index contributed by atoms with van der Waals surface area (Å²) in [5, 5.41) is 23.3. The first-order chi connectivity index (χ1) is 11.7. The van der Waals surface area contributed by atoms with Crippen molar-refractivity contribution >= 4 is 22.5 Å². The van der Waals surface area contributed by atoms with Crippen molar-refractivity contribution in [1.29, 1.82) is 5.26 Å². The third-order valence-electron chi connectivity index (χ3n) is 4.95. The monoisotopic (exact) mass is 320 g/mol. The highest BCUT2D eigenvalue weighted by Gasteiger charge is 2.24. The number of nitrogens with one attached hydrogen (secondary N) is 1. The normalized spacial score (nSPS) is 21.0. The van der Waals surface area contributed by atoms with Crippen molar-refractivity contribution in [3.05, 3.63) is 41.5 Å². The Hall–Kier alpha value is -2.58. The van der Waals surface area contributed by atoms with E-state index < -0.39 is 0 Å². The summed E-state index contributed by atoms with van der Waals surface area (Å²) in [5.74, 6) is 0.890. The van der Waals surface area contributed by atoms with Crippen LogP contribution in [0.25, 0.3) is 16.7 Å². The number of anilines is 1. The van der Waals surface area contributed by atoms with Crippen LogP contribution >= 0.6 is 0 Å². The third kappa shape index (κ3) is 2.31. The fourth-order valence-corrected chi connectivity index (χ4v) is 3.67. The predicted molar refractivity (Wildman–Crippen MR) is 94.0 cm³/mol. The van der Waals surface area contributed by atoms with Gasteiger partial charge in [-0.2, -0.15) is 5.26 Å². The fraction of sp³-hybridized carbons (Fsp3) is 0.368. The lowest BCUT2D eigenvalue weighted by molar-refractivity contribution is 0.116. The summed E-state index contributed by atoms with van der Waals surface area (Å²) in [5.41, 5.74) is 4.00. The number of fused-ring (bicyclic) bond motifs is 3. The number of nitriles is 1. The summed E-state index contributed by atoms with van der Waals surface area (Å²) in [6, 6.07) is 12.2. The largest absolute Gasteiger partial charge is 0.391 e. The SMILES string of the molecule is Cc1cc(N[C@H]2CCCC[C@@H]2O)n2c(nc3ccccc32)c1C#N. The molecule has 4 rings (SSSR count). The molecular formula is C19H20N4O. The van der Waals surface area contributed by atoms with Gasteiger partial charge in [0.2, 0.25) is 0 Å². The fourth-order valence-electron chi connectivity index (χ4n) is 3.67. The van der Waals surface area contributed by atoms with Crippen LogP contribution in [0.4, 0.5) is 5.82 Å². The molecule has 1 fully saturated rings. The Morgan fingerprint density at radius 3 is 2.88 bits per heavy atom. The summed E-state index contributed by atoms with van der Waals surface area (Å²) >= 11 is 0. The highest BCUT2D eigenvalue weighted by molar-refractivity contribution is 5.85. The Labute approximate surface area is 140 Å². The topological polar surface area (TPSA) is 73.3 Å². The average molecular weight is 320 g/mol. The van der Waals surface area contributed by atoms with Crippen LogP contribution in [-0.4, -0.2) is 26.6 Å². The number of imidazole rings is 1. The molecule has 0 spiro atoms. The van der Waals surface area contributed by atoms with Gasteiger partial charge in [-0.15, -0.1) is 0 Å². The highest BCUT2D eigenvalue weighted by Crippen LogP contribution is 2.29. The summed E-state index contributed by atoms with van der Waals surface area (Å²) in [4.78, 5) is 4.66. The zero-order valence-electron chi connectivity index (χ0n) is 13.7. The van der Waals surface area contributed by atoms with Crippen LogP contribution in [0.5, 0.6) is 0 Å².